The first-order valence-corrected chi connectivity index (χ1v) is 15.2. The second-order valence-corrected chi connectivity index (χ2v) is 11.7. The third-order valence-electron chi connectivity index (χ3n) is 8.69. The van der Waals surface area contributed by atoms with Gasteiger partial charge in [0.05, 0.1) is 45.6 Å². The summed E-state index contributed by atoms with van der Waals surface area (Å²) >= 11 is 0. The molecule has 0 saturated heterocycles. The van der Waals surface area contributed by atoms with Crippen LogP contribution in [-0.2, 0) is 19.5 Å². The Kier molecular flexibility index (Phi) is 7.40. The van der Waals surface area contributed by atoms with Gasteiger partial charge in [-0.05, 0) is 70.1 Å². The molecule has 2 aliphatic heterocycles. The zero-order valence-corrected chi connectivity index (χ0v) is 29.6. The Hall–Kier alpha value is -7.26. The van der Waals surface area contributed by atoms with Crippen molar-refractivity contribution < 1.29 is 59.1 Å². The van der Waals surface area contributed by atoms with Crippen LogP contribution in [0.1, 0.15) is 41.4 Å². The average Bonchev–Trinajstić information content (AvgIpc) is 3.85. The summed E-state index contributed by atoms with van der Waals surface area (Å²) in [6.07, 6.45) is 0. The van der Waals surface area contributed by atoms with Gasteiger partial charge in [-0.3, -0.25) is 0 Å². The molecule has 9 rings (SSSR count). The van der Waals surface area contributed by atoms with E-state index in [9.17, 15) is 39.6 Å². The Balaban J connectivity index is 0.00000400. The molecule has 16 nitrogen and oxygen atoms in total. The first-order chi connectivity index (χ1) is 25.0. The number of aromatic carboxylic acids is 4. The Labute approximate surface area is 306 Å². The summed E-state index contributed by atoms with van der Waals surface area (Å²) < 4.78 is 0. The molecule has 250 valence electrons. The summed E-state index contributed by atoms with van der Waals surface area (Å²) in [5.41, 5.74) is 1.52. The van der Waals surface area contributed by atoms with Gasteiger partial charge in [-0.15, -0.1) is 0 Å². The van der Waals surface area contributed by atoms with E-state index in [1.54, 1.807) is 0 Å². The molecular weight excluding hydrogens is 738 g/mol. The Morgan fingerprint density at radius 1 is 0.377 bits per heavy atom. The van der Waals surface area contributed by atoms with E-state index in [-0.39, 0.29) is 87.6 Å². The summed E-state index contributed by atoms with van der Waals surface area (Å²) in [7, 11) is 0. The molecule has 0 spiro atoms. The van der Waals surface area contributed by atoms with Crippen LogP contribution in [0.2, 0.25) is 0 Å². The van der Waals surface area contributed by atoms with Crippen molar-refractivity contribution in [2.24, 2.45) is 0 Å². The van der Waals surface area contributed by atoms with Crippen LogP contribution in [0.25, 0.3) is 89.7 Å². The van der Waals surface area contributed by atoms with Gasteiger partial charge < -0.3 is 50.3 Å². The molecule has 0 unspecified atom stereocenters. The number of carboxylic acid groups (broad SMARTS) is 4. The molecule has 7 aromatic rings. The summed E-state index contributed by atoms with van der Waals surface area (Å²) in [6.45, 7) is 0. The van der Waals surface area contributed by atoms with Gasteiger partial charge in [-0.2, -0.15) is 0 Å². The van der Waals surface area contributed by atoms with Gasteiger partial charge in [0.1, 0.15) is 0 Å². The first-order valence-electron chi connectivity index (χ1n) is 15.2. The number of nitrogens with zero attached hydrogens (tertiary/aromatic N) is 8. The minimum atomic E-state index is -1.19. The average molecular weight is 754 g/mol. The summed E-state index contributed by atoms with van der Waals surface area (Å²) in [5, 5.41) is 40.5. The van der Waals surface area contributed by atoms with Crippen LogP contribution in [0.3, 0.4) is 0 Å². The number of hydrogen-bond acceptors (Lipinski definition) is 10. The van der Waals surface area contributed by atoms with E-state index < -0.39 is 23.9 Å². The topological polar surface area (TPSA) is 255 Å². The van der Waals surface area contributed by atoms with E-state index in [0.29, 0.717) is 43.8 Å². The number of rotatable bonds is 4. The zero-order chi connectivity index (χ0) is 36.0. The maximum Gasteiger partial charge on any atom is 2.00 e. The van der Waals surface area contributed by atoms with E-state index in [1.807, 2.05) is 0 Å². The molecule has 0 atom stereocenters. The van der Waals surface area contributed by atoms with Crippen LogP contribution in [-0.4, -0.2) is 74.2 Å². The Morgan fingerprint density at radius 2 is 0.679 bits per heavy atom. The molecule has 0 aliphatic carbocycles. The van der Waals surface area contributed by atoms with Crippen molar-refractivity contribution >= 4 is 68.0 Å². The van der Waals surface area contributed by atoms with Gasteiger partial charge in [0.15, 0.2) is 0 Å². The number of carbonyl (C=O) groups is 4. The fourth-order valence-corrected chi connectivity index (χ4v) is 6.20. The number of carboxylic acids is 4. The normalized spacial score (nSPS) is 11.5. The van der Waals surface area contributed by atoms with E-state index in [2.05, 4.69) is 19.9 Å². The summed E-state index contributed by atoms with van der Waals surface area (Å²) in [6, 6.07) is 17.2. The van der Waals surface area contributed by atoms with Crippen LogP contribution in [0, 0.1) is 0 Å². The smallest absolute Gasteiger partial charge is 0.478 e. The van der Waals surface area contributed by atoms with E-state index in [4.69, 9.17) is 19.9 Å². The van der Waals surface area contributed by atoms with Crippen LogP contribution in [0.5, 0.6) is 0 Å². The van der Waals surface area contributed by atoms with Gasteiger partial charge >= 0.3 is 43.4 Å². The van der Waals surface area contributed by atoms with Crippen molar-refractivity contribution in [2.45, 2.75) is 0 Å². The van der Waals surface area contributed by atoms with Crippen molar-refractivity contribution in [3.05, 3.63) is 95.1 Å². The molecule has 4 aromatic carbocycles. The van der Waals surface area contributed by atoms with Crippen LogP contribution in [0.15, 0.2) is 72.8 Å². The van der Waals surface area contributed by atoms with E-state index in [1.165, 1.54) is 72.8 Å². The fourth-order valence-electron chi connectivity index (χ4n) is 6.20. The van der Waals surface area contributed by atoms with Gasteiger partial charge in [0.25, 0.3) is 0 Å². The predicted molar refractivity (Wildman–Crippen MR) is 182 cm³/mol. The summed E-state index contributed by atoms with van der Waals surface area (Å²) in [4.78, 5) is 85.3. The molecule has 0 saturated carbocycles. The molecule has 5 heterocycles. The second kappa shape index (κ2) is 11.9. The maximum atomic E-state index is 12.0. The van der Waals surface area contributed by atoms with E-state index in [0.717, 1.165) is 0 Å². The van der Waals surface area contributed by atoms with Crippen LogP contribution in [0.4, 0.5) is 0 Å². The first kappa shape index (κ1) is 32.9. The molecule has 17 heteroatoms. The molecule has 0 fully saturated rings. The third-order valence-corrected chi connectivity index (χ3v) is 8.69. The minimum Gasteiger partial charge on any atom is -0.478 e. The number of benzene rings is 4. The molecule has 2 aliphatic rings. The Morgan fingerprint density at radius 3 is 1.04 bits per heavy atom. The molecule has 8 bridgehead atoms. The monoisotopic (exact) mass is 752 g/mol. The fraction of sp³-hybridized carbons (Fsp3) is 0. The van der Waals surface area contributed by atoms with Gasteiger partial charge in [0.2, 0.25) is 0 Å². The maximum absolute atomic E-state index is 12.0. The molecule has 4 N–H and O–H groups in total. The predicted octanol–water partition coefficient (Wildman–Crippen LogP) is 4.92. The number of hydrogen-bond donors (Lipinski definition) is 4. The molecular formula is C36H16N8O8Zn. The molecule has 3 aromatic heterocycles. The Bertz CT molecular complexity index is 2810. The largest absolute Gasteiger partial charge is 2.00 e. The van der Waals surface area contributed by atoms with Crippen molar-refractivity contribution in [3.8, 4) is 45.6 Å². The molecule has 0 amide bonds. The third kappa shape index (κ3) is 5.25. The SMILES string of the molecule is O=C(O)c1ccc2c(c1)-c1nc-2nc2[n-]c(nc3nc(nc4[n-]c(n1)c1ccc(C(=O)O)cc41)-c1ccc(C(=O)O)cc1-3)c1ccc(C(=O)O)cc21.[Zn+2]. The molecule has 0 radical (unpaired) electrons. The minimum absolute atomic E-state index is 0. The van der Waals surface area contributed by atoms with Gasteiger partial charge in [0, 0.05) is 44.8 Å². The van der Waals surface area contributed by atoms with E-state index >= 15 is 0 Å². The van der Waals surface area contributed by atoms with Crippen molar-refractivity contribution in [2.75, 3.05) is 0 Å². The number of aromatic nitrogens is 8. The molecule has 53 heavy (non-hydrogen) atoms. The second-order valence-electron chi connectivity index (χ2n) is 11.7. The summed E-state index contributed by atoms with van der Waals surface area (Å²) in [5.74, 6) is -4.49. The van der Waals surface area contributed by atoms with Gasteiger partial charge in [-0.25, -0.2) is 29.1 Å². The standard InChI is InChI=1S/C36H18N8O8.Zn/c45-33(46)13-1-5-17-21(9-13)29-37-25(17)41-30-22-10-14(34(47)48)2-6-18(22)27(38-30)43-32-24-12-16(36(51)52)4-8-20(24)28(40-32)44-31-23-11-15(35(49)50)3-7-19(23)26(39-31)42-29;/h1-12H,(H6,37,38,39,40,41,42,43,44,45,46,47,48,49,50,51,52);/q;+2/p-2. The van der Waals surface area contributed by atoms with Crippen molar-refractivity contribution in [1.29, 1.82) is 0 Å². The van der Waals surface area contributed by atoms with Crippen LogP contribution >= 0.6 is 0 Å². The van der Waals surface area contributed by atoms with Crippen LogP contribution < -0.4 is 9.97 Å². The number of fused-ring (bicyclic) bond motifs is 20. The van der Waals surface area contributed by atoms with Gasteiger partial charge in [-0.1, -0.05) is 24.3 Å². The van der Waals surface area contributed by atoms with Crippen molar-refractivity contribution in [1.82, 2.24) is 39.9 Å². The van der Waals surface area contributed by atoms with Crippen molar-refractivity contribution in [3.63, 3.8) is 0 Å². The zero-order valence-electron chi connectivity index (χ0n) is 26.6. The quantitative estimate of drug-likeness (QED) is 0.174.